The predicted molar refractivity (Wildman–Crippen MR) is 59.9 cm³/mol. The Morgan fingerprint density at radius 3 is 2.93 bits per heavy atom. The molecule has 1 aliphatic rings. The Morgan fingerprint density at radius 2 is 2.20 bits per heavy atom. The van der Waals surface area contributed by atoms with E-state index in [9.17, 15) is 0 Å². The molecule has 0 N–H and O–H groups in total. The summed E-state index contributed by atoms with van der Waals surface area (Å²) in [6.07, 6.45) is 3.53. The smallest absolute Gasteiger partial charge is 0.135 e. The Balaban J connectivity index is 2.12. The zero-order chi connectivity index (χ0) is 10.8. The number of hydrogen-bond donors (Lipinski definition) is 0. The van der Waals surface area contributed by atoms with E-state index >= 15 is 0 Å². The van der Waals surface area contributed by atoms with Gasteiger partial charge in [0.05, 0.1) is 0 Å². The lowest BCUT2D eigenvalue weighted by atomic mass is 10.0. The monoisotopic (exact) mass is 208 g/mol. The van der Waals surface area contributed by atoms with Crippen molar-refractivity contribution in [2.75, 3.05) is 20.6 Å². The normalized spacial score (nSPS) is 20.7. The second-order valence-corrected chi connectivity index (χ2v) is 4.72. The number of rotatable bonds is 3. The van der Waals surface area contributed by atoms with Crippen molar-refractivity contribution in [2.24, 2.45) is 0 Å². The number of hydrogen-bond acceptors (Lipinski definition) is 3. The molecule has 1 aliphatic heterocycles. The molecule has 0 aliphatic carbocycles. The Morgan fingerprint density at radius 1 is 1.40 bits per heavy atom. The van der Waals surface area contributed by atoms with Gasteiger partial charge in [0, 0.05) is 25.4 Å². The van der Waals surface area contributed by atoms with Crippen LogP contribution in [0.15, 0.2) is 0 Å². The van der Waals surface area contributed by atoms with E-state index in [0.29, 0.717) is 5.92 Å². The van der Waals surface area contributed by atoms with Gasteiger partial charge in [-0.05, 0) is 26.9 Å². The summed E-state index contributed by atoms with van der Waals surface area (Å²) in [5.41, 5.74) is 0. The third kappa shape index (κ3) is 2.20. The molecule has 0 amide bonds. The van der Waals surface area contributed by atoms with Crippen LogP contribution in [0.2, 0.25) is 0 Å². The molecule has 1 unspecified atom stereocenters. The van der Waals surface area contributed by atoms with E-state index in [1.165, 1.54) is 18.7 Å². The molecule has 15 heavy (non-hydrogen) atoms. The molecule has 2 rings (SSSR count). The molecule has 1 aromatic rings. The maximum atomic E-state index is 4.31. The van der Waals surface area contributed by atoms with Crippen LogP contribution in [0.1, 0.15) is 37.3 Å². The first-order valence-corrected chi connectivity index (χ1v) is 5.75. The topological polar surface area (TPSA) is 34.0 Å². The van der Waals surface area contributed by atoms with Crippen LogP contribution in [0, 0.1) is 0 Å². The molecular formula is C11H20N4. The fourth-order valence-electron chi connectivity index (χ4n) is 2.15. The Labute approximate surface area is 91.3 Å². The average Bonchev–Trinajstić information content (AvgIpc) is 2.59. The molecular weight excluding hydrogens is 188 g/mol. The van der Waals surface area contributed by atoms with Crippen molar-refractivity contribution in [2.45, 2.75) is 38.6 Å². The molecule has 1 atom stereocenters. The first kappa shape index (κ1) is 10.6. The van der Waals surface area contributed by atoms with Crippen LogP contribution in [0.5, 0.6) is 0 Å². The molecule has 84 valence electrons. The number of aromatic nitrogens is 3. The Kier molecular flexibility index (Phi) is 3.05. The largest absolute Gasteiger partial charge is 0.315 e. The third-order valence-corrected chi connectivity index (χ3v) is 3.10. The minimum atomic E-state index is 0.583. The van der Waals surface area contributed by atoms with Crippen LogP contribution in [-0.4, -0.2) is 40.3 Å². The highest BCUT2D eigenvalue weighted by Crippen LogP contribution is 2.25. The molecule has 0 saturated carbocycles. The van der Waals surface area contributed by atoms with Crippen LogP contribution < -0.4 is 0 Å². The quantitative estimate of drug-likeness (QED) is 0.750. The summed E-state index contributed by atoms with van der Waals surface area (Å²) < 4.78 is 2.32. The minimum absolute atomic E-state index is 0.583. The van der Waals surface area contributed by atoms with Crippen molar-refractivity contribution >= 4 is 0 Å². The summed E-state index contributed by atoms with van der Waals surface area (Å²) in [4.78, 5) is 2.19. The molecule has 0 radical (unpaired) electrons. The van der Waals surface area contributed by atoms with Gasteiger partial charge in [0.2, 0.25) is 0 Å². The van der Waals surface area contributed by atoms with Crippen LogP contribution in [-0.2, 0) is 13.0 Å². The molecule has 4 nitrogen and oxygen atoms in total. The summed E-state index contributed by atoms with van der Waals surface area (Å²) in [5, 5.41) is 8.62. The van der Waals surface area contributed by atoms with E-state index in [2.05, 4.69) is 40.7 Å². The van der Waals surface area contributed by atoms with E-state index < -0.39 is 0 Å². The molecule has 0 aromatic carbocycles. The van der Waals surface area contributed by atoms with Crippen molar-refractivity contribution in [1.29, 1.82) is 0 Å². The highest BCUT2D eigenvalue weighted by atomic mass is 15.3. The predicted octanol–water partition coefficient (Wildman–Crippen LogP) is 1.28. The van der Waals surface area contributed by atoms with Gasteiger partial charge < -0.3 is 9.47 Å². The van der Waals surface area contributed by atoms with Crippen molar-refractivity contribution in [1.82, 2.24) is 19.7 Å². The highest BCUT2D eigenvalue weighted by Gasteiger charge is 2.21. The fraction of sp³-hybridized carbons (Fsp3) is 0.818. The zero-order valence-electron chi connectivity index (χ0n) is 9.90. The van der Waals surface area contributed by atoms with Gasteiger partial charge in [-0.15, -0.1) is 10.2 Å². The SMILES string of the molecule is CC1CCCn2c(CCN(C)C)nnc21. The van der Waals surface area contributed by atoms with Gasteiger partial charge in [-0.3, -0.25) is 0 Å². The van der Waals surface area contributed by atoms with Gasteiger partial charge in [0.15, 0.2) is 0 Å². The van der Waals surface area contributed by atoms with Gasteiger partial charge in [0.25, 0.3) is 0 Å². The number of fused-ring (bicyclic) bond motifs is 1. The standard InChI is InChI=1S/C11H20N4/c1-9-5-4-7-15-10(6-8-14(2)3)12-13-11(9)15/h9H,4-8H2,1-3H3. The van der Waals surface area contributed by atoms with Crippen molar-refractivity contribution < 1.29 is 0 Å². The maximum Gasteiger partial charge on any atom is 0.135 e. The van der Waals surface area contributed by atoms with Crippen molar-refractivity contribution in [3.05, 3.63) is 11.6 Å². The Hall–Kier alpha value is -0.900. The minimum Gasteiger partial charge on any atom is -0.315 e. The van der Waals surface area contributed by atoms with Crippen molar-refractivity contribution in [3.8, 4) is 0 Å². The highest BCUT2D eigenvalue weighted by molar-refractivity contribution is 5.04. The average molecular weight is 208 g/mol. The van der Waals surface area contributed by atoms with E-state index in [1.807, 2.05) is 0 Å². The van der Waals surface area contributed by atoms with Crippen LogP contribution in [0.25, 0.3) is 0 Å². The van der Waals surface area contributed by atoms with Gasteiger partial charge >= 0.3 is 0 Å². The van der Waals surface area contributed by atoms with Gasteiger partial charge in [0.1, 0.15) is 11.6 Å². The van der Waals surface area contributed by atoms with E-state index in [4.69, 9.17) is 0 Å². The summed E-state index contributed by atoms with van der Waals surface area (Å²) in [7, 11) is 4.19. The second-order valence-electron chi connectivity index (χ2n) is 4.72. The van der Waals surface area contributed by atoms with E-state index in [1.54, 1.807) is 0 Å². The number of nitrogens with zero attached hydrogens (tertiary/aromatic N) is 4. The van der Waals surface area contributed by atoms with E-state index in [-0.39, 0.29) is 0 Å². The van der Waals surface area contributed by atoms with Gasteiger partial charge in [-0.2, -0.15) is 0 Å². The van der Waals surface area contributed by atoms with Crippen LogP contribution >= 0.6 is 0 Å². The molecule has 0 saturated heterocycles. The maximum absolute atomic E-state index is 4.31. The summed E-state index contributed by atoms with van der Waals surface area (Å²) in [6.45, 7) is 4.40. The lowest BCUT2D eigenvalue weighted by Crippen LogP contribution is -2.20. The lowest BCUT2D eigenvalue weighted by molar-refractivity contribution is 0.397. The first-order chi connectivity index (χ1) is 7.18. The summed E-state index contributed by atoms with van der Waals surface area (Å²) in [6, 6.07) is 0. The summed E-state index contributed by atoms with van der Waals surface area (Å²) in [5.74, 6) is 2.93. The van der Waals surface area contributed by atoms with E-state index in [0.717, 1.165) is 25.3 Å². The van der Waals surface area contributed by atoms with Gasteiger partial charge in [-0.1, -0.05) is 6.92 Å². The number of likely N-dealkylation sites (N-methyl/N-ethyl adjacent to an activating group) is 1. The van der Waals surface area contributed by atoms with Crippen molar-refractivity contribution in [3.63, 3.8) is 0 Å². The molecule has 0 fully saturated rings. The molecule has 2 heterocycles. The first-order valence-electron chi connectivity index (χ1n) is 5.75. The lowest BCUT2D eigenvalue weighted by Gasteiger charge is -2.20. The van der Waals surface area contributed by atoms with Crippen LogP contribution in [0.3, 0.4) is 0 Å². The van der Waals surface area contributed by atoms with Crippen LogP contribution in [0.4, 0.5) is 0 Å². The molecule has 4 heteroatoms. The van der Waals surface area contributed by atoms with Gasteiger partial charge in [-0.25, -0.2) is 0 Å². The molecule has 1 aromatic heterocycles. The fourth-order valence-corrected chi connectivity index (χ4v) is 2.15. The molecule has 0 bridgehead atoms. The second kappa shape index (κ2) is 4.31. The summed E-state index contributed by atoms with van der Waals surface area (Å²) >= 11 is 0. The zero-order valence-corrected chi connectivity index (χ0v) is 9.90. The third-order valence-electron chi connectivity index (χ3n) is 3.10. The Bertz CT molecular complexity index is 329. The molecule has 0 spiro atoms.